The summed E-state index contributed by atoms with van der Waals surface area (Å²) >= 11 is 6.00. The summed E-state index contributed by atoms with van der Waals surface area (Å²) in [4.78, 5) is 10.2. The molecule has 6 heteroatoms. The Kier molecular flexibility index (Phi) is 3.46. The second-order valence-electron chi connectivity index (χ2n) is 4.17. The van der Waals surface area contributed by atoms with Crippen molar-refractivity contribution >= 4 is 23.4 Å². The first-order valence-electron chi connectivity index (χ1n) is 5.38. The van der Waals surface area contributed by atoms with Gasteiger partial charge < -0.3 is 16.0 Å². The second-order valence-corrected chi connectivity index (χ2v) is 4.58. The molecule has 1 aliphatic rings. The lowest BCUT2D eigenvalue weighted by molar-refractivity contribution is 0.261. The number of rotatable bonds is 2. The molecule has 1 saturated heterocycles. The van der Waals surface area contributed by atoms with Crippen molar-refractivity contribution in [3.8, 4) is 0 Å². The minimum Gasteiger partial charge on any atom is -0.368 e. The molecule has 1 unspecified atom stereocenters. The van der Waals surface area contributed by atoms with Gasteiger partial charge in [-0.1, -0.05) is 11.6 Å². The van der Waals surface area contributed by atoms with Crippen LogP contribution in [0.4, 0.5) is 11.8 Å². The highest BCUT2D eigenvalue weighted by Crippen LogP contribution is 2.21. The van der Waals surface area contributed by atoms with Crippen molar-refractivity contribution in [3.63, 3.8) is 0 Å². The number of halogens is 1. The fourth-order valence-corrected chi connectivity index (χ4v) is 2.11. The van der Waals surface area contributed by atoms with Gasteiger partial charge >= 0.3 is 0 Å². The summed E-state index contributed by atoms with van der Waals surface area (Å²) in [5, 5.41) is 3.83. The summed E-state index contributed by atoms with van der Waals surface area (Å²) < 4.78 is 0. The van der Waals surface area contributed by atoms with Gasteiger partial charge in [-0.2, -0.15) is 4.98 Å². The Balaban J connectivity index is 2.05. The molecule has 1 atom stereocenters. The van der Waals surface area contributed by atoms with E-state index in [0.29, 0.717) is 16.9 Å². The summed E-state index contributed by atoms with van der Waals surface area (Å²) in [6, 6.07) is 0.380. The number of nitrogens with zero attached hydrogens (tertiary/aromatic N) is 3. The summed E-state index contributed by atoms with van der Waals surface area (Å²) in [5.41, 5.74) is 5.53. The van der Waals surface area contributed by atoms with Gasteiger partial charge in [0.1, 0.15) is 5.02 Å². The topological polar surface area (TPSA) is 67.1 Å². The molecule has 0 amide bonds. The zero-order valence-corrected chi connectivity index (χ0v) is 10.0. The van der Waals surface area contributed by atoms with E-state index in [0.717, 1.165) is 19.5 Å². The van der Waals surface area contributed by atoms with E-state index >= 15 is 0 Å². The number of aromatic nitrogens is 2. The number of hydrogen-bond donors (Lipinski definition) is 2. The van der Waals surface area contributed by atoms with Crippen molar-refractivity contribution in [2.45, 2.75) is 18.9 Å². The Hall–Kier alpha value is -1.07. The maximum Gasteiger partial charge on any atom is 0.222 e. The lowest BCUT2D eigenvalue weighted by Crippen LogP contribution is -2.40. The van der Waals surface area contributed by atoms with Gasteiger partial charge in [0.25, 0.3) is 0 Å². The Morgan fingerprint density at radius 2 is 2.44 bits per heavy atom. The normalized spacial score (nSPS) is 22.0. The first kappa shape index (κ1) is 11.4. The second kappa shape index (κ2) is 4.84. The first-order valence-corrected chi connectivity index (χ1v) is 5.76. The van der Waals surface area contributed by atoms with Crippen molar-refractivity contribution in [1.82, 2.24) is 14.9 Å². The molecule has 0 radical (unpaired) electrons. The molecule has 2 heterocycles. The third kappa shape index (κ3) is 2.74. The van der Waals surface area contributed by atoms with Crippen LogP contribution in [0.1, 0.15) is 12.8 Å². The molecule has 0 aromatic carbocycles. The third-order valence-corrected chi connectivity index (χ3v) is 3.00. The minimum atomic E-state index is 0.246. The lowest BCUT2D eigenvalue weighted by Gasteiger charge is -2.30. The van der Waals surface area contributed by atoms with E-state index in [2.05, 4.69) is 27.2 Å². The molecule has 2 rings (SSSR count). The van der Waals surface area contributed by atoms with E-state index in [-0.39, 0.29) is 5.95 Å². The number of likely N-dealkylation sites (tertiary alicyclic amines) is 1. The molecule has 0 aliphatic carbocycles. The lowest BCUT2D eigenvalue weighted by atomic mass is 10.1. The number of nitrogens with two attached hydrogens (primary N) is 1. The van der Waals surface area contributed by atoms with Gasteiger partial charge in [0.2, 0.25) is 5.95 Å². The minimum absolute atomic E-state index is 0.246. The number of anilines is 2. The van der Waals surface area contributed by atoms with Gasteiger partial charge in [0.15, 0.2) is 5.82 Å². The fourth-order valence-electron chi connectivity index (χ4n) is 1.96. The number of piperidine rings is 1. The Morgan fingerprint density at radius 1 is 1.62 bits per heavy atom. The van der Waals surface area contributed by atoms with Gasteiger partial charge in [-0.25, -0.2) is 4.98 Å². The molecule has 1 aromatic heterocycles. The van der Waals surface area contributed by atoms with Crippen molar-refractivity contribution in [1.29, 1.82) is 0 Å². The van der Waals surface area contributed by atoms with Crippen LogP contribution in [0.15, 0.2) is 6.20 Å². The van der Waals surface area contributed by atoms with E-state index in [1.54, 1.807) is 0 Å². The highest BCUT2D eigenvalue weighted by molar-refractivity contribution is 6.32. The molecular weight excluding hydrogens is 226 g/mol. The van der Waals surface area contributed by atoms with E-state index in [4.69, 9.17) is 17.3 Å². The van der Waals surface area contributed by atoms with Crippen molar-refractivity contribution in [2.75, 3.05) is 31.2 Å². The highest BCUT2D eigenvalue weighted by Gasteiger charge is 2.18. The molecule has 16 heavy (non-hydrogen) atoms. The highest BCUT2D eigenvalue weighted by atomic mass is 35.5. The molecule has 5 nitrogen and oxygen atoms in total. The molecule has 1 fully saturated rings. The van der Waals surface area contributed by atoms with Crippen molar-refractivity contribution in [2.24, 2.45) is 0 Å². The third-order valence-electron chi connectivity index (χ3n) is 2.73. The summed E-state index contributed by atoms with van der Waals surface area (Å²) in [5.74, 6) is 0.880. The molecule has 3 N–H and O–H groups in total. The van der Waals surface area contributed by atoms with E-state index in [1.807, 2.05) is 0 Å². The Morgan fingerprint density at radius 3 is 3.19 bits per heavy atom. The van der Waals surface area contributed by atoms with Crippen molar-refractivity contribution in [3.05, 3.63) is 11.2 Å². The number of nitrogens with one attached hydrogen (secondary N) is 1. The molecule has 0 spiro atoms. The average molecular weight is 242 g/mol. The SMILES string of the molecule is CN1CCCC(Nc2nc(N)ncc2Cl)C1. The molecule has 0 bridgehead atoms. The van der Waals surface area contributed by atoms with Crippen LogP contribution < -0.4 is 11.1 Å². The van der Waals surface area contributed by atoms with E-state index in [9.17, 15) is 0 Å². The predicted molar refractivity (Wildman–Crippen MR) is 65.6 cm³/mol. The van der Waals surface area contributed by atoms with Crippen LogP contribution in [-0.2, 0) is 0 Å². The first-order chi connectivity index (χ1) is 7.65. The number of nitrogen functional groups attached to an aromatic ring is 1. The maximum absolute atomic E-state index is 6.00. The van der Waals surface area contributed by atoms with E-state index < -0.39 is 0 Å². The zero-order valence-electron chi connectivity index (χ0n) is 9.28. The van der Waals surface area contributed by atoms with Gasteiger partial charge in [-0.15, -0.1) is 0 Å². The van der Waals surface area contributed by atoms with Gasteiger partial charge in [-0.3, -0.25) is 0 Å². The quantitative estimate of drug-likeness (QED) is 0.815. The molecule has 1 aliphatic heterocycles. The van der Waals surface area contributed by atoms with Crippen LogP contribution in [0.2, 0.25) is 5.02 Å². The molecule has 1 aromatic rings. The summed E-state index contributed by atoms with van der Waals surface area (Å²) in [6.45, 7) is 2.15. The van der Waals surface area contributed by atoms with Gasteiger partial charge in [0.05, 0.1) is 6.20 Å². The van der Waals surface area contributed by atoms with Crippen LogP contribution in [0.5, 0.6) is 0 Å². The Bertz CT molecular complexity index is 370. The number of likely N-dealkylation sites (N-methyl/N-ethyl adjacent to an activating group) is 1. The molecule has 88 valence electrons. The molecular formula is C10H16ClN5. The van der Waals surface area contributed by atoms with Crippen molar-refractivity contribution < 1.29 is 0 Å². The van der Waals surface area contributed by atoms with Crippen LogP contribution >= 0.6 is 11.6 Å². The Labute approximate surface area is 100 Å². The van der Waals surface area contributed by atoms with E-state index in [1.165, 1.54) is 12.6 Å². The summed E-state index contributed by atoms with van der Waals surface area (Å²) in [7, 11) is 2.11. The van der Waals surface area contributed by atoms with Crippen LogP contribution in [0.25, 0.3) is 0 Å². The largest absolute Gasteiger partial charge is 0.368 e. The van der Waals surface area contributed by atoms with Gasteiger partial charge in [-0.05, 0) is 26.4 Å². The molecule has 0 saturated carbocycles. The van der Waals surface area contributed by atoms with Crippen LogP contribution in [0.3, 0.4) is 0 Å². The number of hydrogen-bond acceptors (Lipinski definition) is 5. The van der Waals surface area contributed by atoms with Gasteiger partial charge in [0, 0.05) is 12.6 Å². The van der Waals surface area contributed by atoms with Crippen LogP contribution in [-0.4, -0.2) is 41.0 Å². The van der Waals surface area contributed by atoms with Crippen LogP contribution in [0, 0.1) is 0 Å². The fraction of sp³-hybridized carbons (Fsp3) is 0.600. The standard InChI is InChI=1S/C10H16ClN5/c1-16-4-2-3-7(6-16)14-9-8(11)5-13-10(12)15-9/h5,7H,2-4,6H2,1H3,(H3,12,13,14,15). The smallest absolute Gasteiger partial charge is 0.222 e. The maximum atomic E-state index is 6.00. The average Bonchev–Trinajstić information content (AvgIpc) is 2.24. The zero-order chi connectivity index (χ0) is 11.5. The summed E-state index contributed by atoms with van der Waals surface area (Å²) in [6.07, 6.45) is 3.84. The predicted octanol–water partition coefficient (Wildman–Crippen LogP) is 1.22. The monoisotopic (exact) mass is 241 g/mol.